The van der Waals surface area contributed by atoms with Crippen LogP contribution in [0.15, 0.2) is 12.2 Å². The fourth-order valence-electron chi connectivity index (χ4n) is 6.10. The summed E-state index contributed by atoms with van der Waals surface area (Å²) in [6.45, 7) is 3.68. The predicted molar refractivity (Wildman–Crippen MR) is 83.6 cm³/mol. The number of carbonyl (C=O) groups is 4. The zero-order valence-electron chi connectivity index (χ0n) is 14.2. The fourth-order valence-corrected chi connectivity index (χ4v) is 6.10. The van der Waals surface area contributed by atoms with Gasteiger partial charge in [0.05, 0.1) is 7.11 Å². The minimum Gasteiger partial charge on any atom is -0.468 e. The molecule has 4 rings (SSSR count). The Labute approximate surface area is 140 Å². The largest absolute Gasteiger partial charge is 0.468 e. The number of rotatable bonds is 1. The van der Waals surface area contributed by atoms with E-state index in [4.69, 9.17) is 4.74 Å². The topological polar surface area (TPSA) is 77.5 Å². The van der Waals surface area contributed by atoms with E-state index in [1.54, 1.807) is 6.92 Å². The van der Waals surface area contributed by atoms with E-state index in [1.807, 2.05) is 19.1 Å². The van der Waals surface area contributed by atoms with Crippen molar-refractivity contribution in [2.24, 2.45) is 46.8 Å². The van der Waals surface area contributed by atoms with Crippen molar-refractivity contribution in [1.82, 2.24) is 0 Å². The molecule has 4 aliphatic carbocycles. The molecule has 0 amide bonds. The summed E-state index contributed by atoms with van der Waals surface area (Å²) in [5, 5.41) is 0. The zero-order valence-corrected chi connectivity index (χ0v) is 14.2. The van der Waals surface area contributed by atoms with Crippen molar-refractivity contribution in [2.75, 3.05) is 7.11 Å². The number of ether oxygens (including phenoxy) is 1. The van der Waals surface area contributed by atoms with Gasteiger partial charge in [0.2, 0.25) is 0 Å². The summed E-state index contributed by atoms with van der Waals surface area (Å²) in [7, 11) is 1.26. The van der Waals surface area contributed by atoms with Crippen LogP contribution in [0.5, 0.6) is 0 Å². The summed E-state index contributed by atoms with van der Waals surface area (Å²) in [6, 6.07) is 0. The molecule has 0 aromatic carbocycles. The predicted octanol–water partition coefficient (Wildman–Crippen LogP) is 1.60. The molecule has 5 heteroatoms. The number of hydrogen-bond acceptors (Lipinski definition) is 5. The Bertz CT molecular complexity index is 692. The fraction of sp³-hybridized carbons (Fsp3) is 0.684. The summed E-state index contributed by atoms with van der Waals surface area (Å²) in [5.41, 5.74) is -1.47. The molecule has 0 spiro atoms. The Morgan fingerprint density at radius 3 is 2.54 bits per heavy atom. The van der Waals surface area contributed by atoms with E-state index >= 15 is 0 Å². The van der Waals surface area contributed by atoms with Crippen LogP contribution in [0.2, 0.25) is 0 Å². The SMILES string of the molecule is COC(=O)C12C(=O)C3C4CC(CC4=O)C3C(=O)C1C(C)C=CC2C. The van der Waals surface area contributed by atoms with E-state index in [-0.39, 0.29) is 41.0 Å². The molecule has 0 aromatic rings. The number of carbonyl (C=O) groups excluding carboxylic acids is 4. The van der Waals surface area contributed by atoms with Gasteiger partial charge in [0, 0.05) is 30.1 Å². The van der Waals surface area contributed by atoms with Crippen molar-refractivity contribution in [3.63, 3.8) is 0 Å². The number of esters is 1. The molecule has 128 valence electrons. The second-order valence-electron chi connectivity index (χ2n) is 7.96. The van der Waals surface area contributed by atoms with Gasteiger partial charge >= 0.3 is 5.97 Å². The molecule has 24 heavy (non-hydrogen) atoms. The molecular formula is C19H22O5. The average molecular weight is 330 g/mol. The molecule has 3 saturated carbocycles. The number of methoxy groups -OCH3 is 1. The van der Waals surface area contributed by atoms with Gasteiger partial charge in [-0.25, -0.2) is 0 Å². The molecule has 4 aliphatic rings. The van der Waals surface area contributed by atoms with Crippen molar-refractivity contribution < 1.29 is 23.9 Å². The minimum atomic E-state index is -1.47. The van der Waals surface area contributed by atoms with Gasteiger partial charge < -0.3 is 4.74 Å². The molecule has 8 unspecified atom stereocenters. The summed E-state index contributed by atoms with van der Waals surface area (Å²) in [6.07, 6.45) is 4.80. The quantitative estimate of drug-likeness (QED) is 0.414. The van der Waals surface area contributed by atoms with E-state index in [9.17, 15) is 19.2 Å². The summed E-state index contributed by atoms with van der Waals surface area (Å²) >= 11 is 0. The van der Waals surface area contributed by atoms with Crippen molar-refractivity contribution >= 4 is 23.3 Å². The average Bonchev–Trinajstić information content (AvgIpc) is 3.11. The van der Waals surface area contributed by atoms with E-state index < -0.39 is 29.1 Å². The second-order valence-corrected chi connectivity index (χ2v) is 7.96. The lowest BCUT2D eigenvalue weighted by molar-refractivity contribution is -0.181. The highest BCUT2D eigenvalue weighted by atomic mass is 16.5. The highest BCUT2D eigenvalue weighted by molar-refractivity contribution is 6.16. The van der Waals surface area contributed by atoms with Gasteiger partial charge in [-0.1, -0.05) is 26.0 Å². The Hall–Kier alpha value is -1.78. The molecule has 0 aliphatic heterocycles. The Morgan fingerprint density at radius 1 is 1.17 bits per heavy atom. The molecule has 8 atom stereocenters. The molecule has 5 nitrogen and oxygen atoms in total. The molecule has 2 bridgehead atoms. The maximum absolute atomic E-state index is 13.6. The van der Waals surface area contributed by atoms with Crippen LogP contribution in [0.25, 0.3) is 0 Å². The summed E-state index contributed by atoms with van der Waals surface area (Å²) in [4.78, 5) is 51.9. The zero-order chi connectivity index (χ0) is 17.4. The van der Waals surface area contributed by atoms with Gasteiger partial charge in [-0.05, 0) is 24.2 Å². The van der Waals surface area contributed by atoms with Crippen LogP contribution in [-0.2, 0) is 23.9 Å². The number of allylic oxidation sites excluding steroid dienone is 2. The molecule has 0 heterocycles. The second kappa shape index (κ2) is 4.87. The lowest BCUT2D eigenvalue weighted by Crippen LogP contribution is -2.65. The highest BCUT2D eigenvalue weighted by Gasteiger charge is 2.72. The number of hydrogen-bond donors (Lipinski definition) is 0. The van der Waals surface area contributed by atoms with Gasteiger partial charge in [0.1, 0.15) is 17.0 Å². The normalized spacial score (nSPS) is 49.1. The van der Waals surface area contributed by atoms with Gasteiger partial charge in [-0.15, -0.1) is 0 Å². The van der Waals surface area contributed by atoms with Crippen LogP contribution in [0.4, 0.5) is 0 Å². The van der Waals surface area contributed by atoms with Crippen LogP contribution in [0, 0.1) is 46.8 Å². The third-order valence-electron chi connectivity index (χ3n) is 7.07. The Kier molecular flexibility index (Phi) is 3.19. The highest BCUT2D eigenvalue weighted by Crippen LogP contribution is 2.62. The van der Waals surface area contributed by atoms with Crippen molar-refractivity contribution in [3.05, 3.63) is 12.2 Å². The van der Waals surface area contributed by atoms with Gasteiger partial charge in [0.15, 0.2) is 5.78 Å². The molecule has 0 saturated heterocycles. The Morgan fingerprint density at radius 2 is 1.88 bits per heavy atom. The van der Waals surface area contributed by atoms with Crippen LogP contribution in [-0.4, -0.2) is 30.4 Å². The van der Waals surface area contributed by atoms with Gasteiger partial charge in [0.25, 0.3) is 0 Å². The maximum atomic E-state index is 13.6. The smallest absolute Gasteiger partial charge is 0.320 e. The monoisotopic (exact) mass is 330 g/mol. The van der Waals surface area contributed by atoms with Gasteiger partial charge in [-0.2, -0.15) is 0 Å². The van der Waals surface area contributed by atoms with Gasteiger partial charge in [-0.3, -0.25) is 19.2 Å². The first-order valence-electron chi connectivity index (χ1n) is 8.73. The van der Waals surface area contributed by atoms with Crippen molar-refractivity contribution in [1.29, 1.82) is 0 Å². The first-order chi connectivity index (χ1) is 11.4. The van der Waals surface area contributed by atoms with E-state index in [2.05, 4.69) is 0 Å². The van der Waals surface area contributed by atoms with Crippen LogP contribution < -0.4 is 0 Å². The van der Waals surface area contributed by atoms with Crippen LogP contribution >= 0.6 is 0 Å². The molecule has 0 N–H and O–H groups in total. The molecule has 0 aromatic heterocycles. The maximum Gasteiger partial charge on any atom is 0.320 e. The Balaban J connectivity index is 1.92. The van der Waals surface area contributed by atoms with Crippen molar-refractivity contribution in [3.8, 4) is 0 Å². The van der Waals surface area contributed by atoms with Crippen molar-refractivity contribution in [2.45, 2.75) is 26.7 Å². The third-order valence-corrected chi connectivity index (χ3v) is 7.07. The minimum absolute atomic E-state index is 0.00583. The lowest BCUT2D eigenvalue weighted by Gasteiger charge is -2.52. The number of Topliss-reactive ketones (excluding diaryl/α,β-unsaturated/α-hetero) is 3. The number of fused-ring (bicyclic) bond motifs is 6. The third kappa shape index (κ3) is 1.56. The van der Waals surface area contributed by atoms with Crippen LogP contribution in [0.3, 0.4) is 0 Å². The molecule has 3 fully saturated rings. The van der Waals surface area contributed by atoms with E-state index in [0.717, 1.165) is 0 Å². The summed E-state index contributed by atoms with van der Waals surface area (Å²) in [5.74, 6) is -3.46. The standard InChI is InChI=1S/C19H22O5/c1-8-4-5-9(2)19(18(23)24-3)15(8)16(21)13-10-6-11(12(20)7-10)14(13)17(19)22/h4-5,8-11,13-15H,6-7H2,1-3H3. The van der Waals surface area contributed by atoms with E-state index in [0.29, 0.717) is 12.8 Å². The van der Waals surface area contributed by atoms with E-state index in [1.165, 1.54) is 7.11 Å². The first kappa shape index (κ1) is 15.7. The lowest BCUT2D eigenvalue weighted by atomic mass is 9.47. The van der Waals surface area contributed by atoms with Crippen LogP contribution in [0.1, 0.15) is 26.7 Å². The molecular weight excluding hydrogens is 308 g/mol. The summed E-state index contributed by atoms with van der Waals surface area (Å²) < 4.78 is 5.01. The number of ketones is 3. The molecule has 0 radical (unpaired) electrons. The first-order valence-corrected chi connectivity index (χ1v) is 8.73.